The number of rotatable bonds is 9. The van der Waals surface area contributed by atoms with Crippen LogP contribution < -0.4 is 0 Å². The van der Waals surface area contributed by atoms with Gasteiger partial charge in [0, 0.05) is 6.42 Å². The minimum Gasteiger partial charge on any atom is -0.494 e. The second-order valence-electron chi connectivity index (χ2n) is 6.38. The summed E-state index contributed by atoms with van der Waals surface area (Å²) in [6.07, 6.45) is 7.62. The molecule has 0 aromatic heterocycles. The maximum atomic E-state index is 5.63. The highest BCUT2D eigenvalue weighted by Gasteiger charge is 2.15. The molecule has 0 unspecified atom stereocenters. The van der Waals surface area contributed by atoms with E-state index >= 15 is 0 Å². The third kappa shape index (κ3) is 8.35. The minimum absolute atomic E-state index is 0.272. The maximum absolute atomic E-state index is 5.63. The van der Waals surface area contributed by atoms with Crippen molar-refractivity contribution in [1.82, 2.24) is 0 Å². The van der Waals surface area contributed by atoms with Gasteiger partial charge in [-0.2, -0.15) is 0 Å². The van der Waals surface area contributed by atoms with Crippen LogP contribution in [-0.2, 0) is 4.74 Å². The van der Waals surface area contributed by atoms with Crippen LogP contribution >= 0.6 is 0 Å². The summed E-state index contributed by atoms with van der Waals surface area (Å²) in [6.45, 7) is 12.5. The fraction of sp³-hybridized carbons (Fsp3) is 0.750. The predicted octanol–water partition coefficient (Wildman–Crippen LogP) is 4.00. The largest absolute Gasteiger partial charge is 0.494 e. The number of quaternary nitrogens is 1. The number of allylic oxidation sites excluding steroid dienone is 2. The van der Waals surface area contributed by atoms with Crippen LogP contribution in [0.4, 0.5) is 0 Å². The van der Waals surface area contributed by atoms with Crippen molar-refractivity contribution in [3.05, 3.63) is 24.5 Å². The van der Waals surface area contributed by atoms with E-state index in [2.05, 4.69) is 54.6 Å². The molecule has 0 amide bonds. The zero-order valence-corrected chi connectivity index (χ0v) is 13.3. The molecular weight excluding hydrogens is 222 g/mol. The van der Waals surface area contributed by atoms with Gasteiger partial charge in [-0.25, -0.2) is 0 Å². The number of hydrogen-bond donors (Lipinski definition) is 0. The summed E-state index contributed by atoms with van der Waals surface area (Å²) in [5, 5.41) is 0. The van der Waals surface area contributed by atoms with Gasteiger partial charge in [-0.15, -0.1) is 0 Å². The summed E-state index contributed by atoms with van der Waals surface area (Å²) in [5.41, 5.74) is 0.272. The van der Waals surface area contributed by atoms with Crippen molar-refractivity contribution in [3.63, 3.8) is 0 Å². The Morgan fingerprint density at radius 2 is 1.78 bits per heavy atom. The molecule has 0 atom stereocenters. The lowest BCUT2D eigenvalue weighted by Crippen LogP contribution is -2.35. The molecular formula is C16H32NO+. The molecule has 0 radical (unpaired) electrons. The molecule has 0 rings (SSSR count). The van der Waals surface area contributed by atoms with Gasteiger partial charge < -0.3 is 9.22 Å². The maximum Gasteiger partial charge on any atom is 0.111 e. The lowest BCUT2D eigenvalue weighted by molar-refractivity contribution is -0.870. The van der Waals surface area contributed by atoms with E-state index in [1.165, 1.54) is 0 Å². The van der Waals surface area contributed by atoms with Crippen molar-refractivity contribution in [1.29, 1.82) is 0 Å². The van der Waals surface area contributed by atoms with Gasteiger partial charge in [0.2, 0.25) is 0 Å². The highest BCUT2D eigenvalue weighted by Crippen LogP contribution is 2.27. The average molecular weight is 254 g/mol. The minimum atomic E-state index is 0.272. The Balaban J connectivity index is 3.95. The first-order valence-corrected chi connectivity index (χ1v) is 7.04. The third-order valence-corrected chi connectivity index (χ3v) is 3.55. The molecule has 0 spiro atoms. The smallest absolute Gasteiger partial charge is 0.111 e. The summed E-state index contributed by atoms with van der Waals surface area (Å²) in [6, 6.07) is 0. The van der Waals surface area contributed by atoms with Gasteiger partial charge in [0.05, 0.1) is 34.3 Å². The summed E-state index contributed by atoms with van der Waals surface area (Å²) >= 11 is 0. The molecule has 0 N–H and O–H groups in total. The Hall–Kier alpha value is -0.760. The molecule has 2 nitrogen and oxygen atoms in total. The summed E-state index contributed by atoms with van der Waals surface area (Å²) in [4.78, 5) is 0. The monoisotopic (exact) mass is 254 g/mol. The number of ether oxygens (including phenoxy) is 1. The first-order valence-electron chi connectivity index (χ1n) is 7.04. The zero-order valence-electron chi connectivity index (χ0n) is 13.3. The van der Waals surface area contributed by atoms with Gasteiger partial charge in [0.1, 0.15) is 5.76 Å². The molecule has 18 heavy (non-hydrogen) atoms. The molecule has 0 fully saturated rings. The van der Waals surface area contributed by atoms with E-state index < -0.39 is 0 Å². The van der Waals surface area contributed by atoms with Crippen LogP contribution in [0.2, 0.25) is 0 Å². The van der Waals surface area contributed by atoms with Crippen molar-refractivity contribution < 1.29 is 9.22 Å². The summed E-state index contributed by atoms with van der Waals surface area (Å²) in [7, 11) is 6.59. The Bertz CT molecular complexity index is 269. The zero-order chi connectivity index (χ0) is 14.2. The molecule has 0 saturated carbocycles. The summed E-state index contributed by atoms with van der Waals surface area (Å²) < 4.78 is 6.61. The Morgan fingerprint density at radius 1 is 1.22 bits per heavy atom. The van der Waals surface area contributed by atoms with E-state index in [1.54, 1.807) is 0 Å². The molecule has 0 aliphatic carbocycles. The molecule has 0 bridgehead atoms. The van der Waals surface area contributed by atoms with Gasteiger partial charge in [-0.3, -0.25) is 0 Å². The second kappa shape index (κ2) is 7.63. The highest BCUT2D eigenvalue weighted by molar-refractivity contribution is 5.11. The first-order chi connectivity index (χ1) is 8.22. The van der Waals surface area contributed by atoms with E-state index in [9.17, 15) is 0 Å². The second-order valence-corrected chi connectivity index (χ2v) is 6.38. The number of nitrogens with zero attached hydrogens (tertiary/aromatic N) is 1. The van der Waals surface area contributed by atoms with E-state index in [4.69, 9.17) is 4.74 Å². The molecule has 0 heterocycles. The van der Waals surface area contributed by atoms with Gasteiger partial charge in [0.25, 0.3) is 0 Å². The van der Waals surface area contributed by atoms with Gasteiger partial charge in [-0.1, -0.05) is 33.4 Å². The van der Waals surface area contributed by atoms with E-state index in [0.717, 1.165) is 42.7 Å². The number of hydrogen-bond acceptors (Lipinski definition) is 1. The fourth-order valence-corrected chi connectivity index (χ4v) is 1.57. The normalized spacial score (nSPS) is 13.0. The molecule has 0 aromatic rings. The molecule has 2 heteroatoms. The Kier molecular flexibility index (Phi) is 7.30. The fourth-order valence-electron chi connectivity index (χ4n) is 1.57. The lowest BCUT2D eigenvalue weighted by atomic mass is 9.84. The van der Waals surface area contributed by atoms with Crippen LogP contribution in [0.1, 0.15) is 40.0 Å². The van der Waals surface area contributed by atoms with Crippen LogP contribution in [0.3, 0.4) is 0 Å². The van der Waals surface area contributed by atoms with Gasteiger partial charge in [0.15, 0.2) is 0 Å². The first kappa shape index (κ1) is 17.2. The Labute approximate surface area is 114 Å². The molecule has 0 aliphatic heterocycles. The predicted molar refractivity (Wildman–Crippen MR) is 80.4 cm³/mol. The molecule has 0 saturated heterocycles. The van der Waals surface area contributed by atoms with Crippen molar-refractivity contribution in [2.45, 2.75) is 40.0 Å². The van der Waals surface area contributed by atoms with E-state index in [-0.39, 0.29) is 5.41 Å². The SMILES string of the molecule is C=C(/C=C\C(C)(CC)CC)OCCC[N+](C)(C)C. The van der Waals surface area contributed by atoms with Crippen LogP contribution in [-0.4, -0.2) is 38.8 Å². The van der Waals surface area contributed by atoms with Crippen LogP contribution in [0.5, 0.6) is 0 Å². The highest BCUT2D eigenvalue weighted by atomic mass is 16.5. The van der Waals surface area contributed by atoms with Crippen molar-refractivity contribution in [2.75, 3.05) is 34.3 Å². The standard InChI is InChI=1S/C16H32NO/c1-8-16(4,9-2)12-11-15(3)18-14-10-13-17(5,6)7/h11-12H,3,8-10,13-14H2,1-2,4-7H3/q+1/b12-11-. The van der Waals surface area contributed by atoms with Crippen molar-refractivity contribution in [3.8, 4) is 0 Å². The molecule has 0 aliphatic rings. The van der Waals surface area contributed by atoms with E-state index in [0.29, 0.717) is 0 Å². The van der Waals surface area contributed by atoms with Crippen LogP contribution in [0.25, 0.3) is 0 Å². The lowest BCUT2D eigenvalue weighted by Gasteiger charge is -2.24. The van der Waals surface area contributed by atoms with Crippen LogP contribution in [0, 0.1) is 5.41 Å². The quantitative estimate of drug-likeness (QED) is 0.261. The summed E-state index contributed by atoms with van der Waals surface area (Å²) in [5.74, 6) is 0.782. The van der Waals surface area contributed by atoms with Gasteiger partial charge in [-0.05, 0) is 24.3 Å². The molecule has 106 valence electrons. The third-order valence-electron chi connectivity index (χ3n) is 3.55. The molecule has 0 aromatic carbocycles. The van der Waals surface area contributed by atoms with E-state index in [1.807, 2.05) is 6.08 Å². The Morgan fingerprint density at radius 3 is 2.22 bits per heavy atom. The van der Waals surface area contributed by atoms with Crippen LogP contribution in [0.15, 0.2) is 24.5 Å². The van der Waals surface area contributed by atoms with Crippen molar-refractivity contribution >= 4 is 0 Å². The van der Waals surface area contributed by atoms with Gasteiger partial charge >= 0.3 is 0 Å². The average Bonchev–Trinajstić information content (AvgIpc) is 2.30. The topological polar surface area (TPSA) is 9.23 Å². The van der Waals surface area contributed by atoms with Crippen molar-refractivity contribution in [2.24, 2.45) is 5.41 Å².